The Morgan fingerprint density at radius 1 is 0.903 bits per heavy atom. The van der Waals surface area contributed by atoms with Gasteiger partial charge in [-0.1, -0.05) is 0 Å². The van der Waals surface area contributed by atoms with E-state index < -0.39 is 5.97 Å². The van der Waals surface area contributed by atoms with Crippen LogP contribution in [0, 0.1) is 5.92 Å². The molecule has 8 heteroatoms. The zero-order valence-electron chi connectivity index (χ0n) is 18.3. The van der Waals surface area contributed by atoms with Gasteiger partial charge in [0.15, 0.2) is 0 Å². The standard InChI is InChI=1S/C23H32N4O4/c1-31-22(29)18-6-7-20(25-10-2-3-11-25)19(16-18)24-21(28)17-8-14-27(15-9-17)23(30)26-12-4-5-13-26/h6-7,16-17H,2-5,8-15H2,1H3,(H,24,28). The highest BCUT2D eigenvalue weighted by molar-refractivity contribution is 5.99. The quantitative estimate of drug-likeness (QED) is 0.746. The average molecular weight is 429 g/mol. The Balaban J connectivity index is 1.41. The Morgan fingerprint density at radius 2 is 1.52 bits per heavy atom. The van der Waals surface area contributed by atoms with Crippen LogP contribution in [-0.4, -0.2) is 74.1 Å². The van der Waals surface area contributed by atoms with Crippen LogP contribution in [-0.2, 0) is 9.53 Å². The molecule has 1 aromatic rings. The van der Waals surface area contributed by atoms with E-state index in [0.29, 0.717) is 37.2 Å². The summed E-state index contributed by atoms with van der Waals surface area (Å²) in [6, 6.07) is 5.46. The fraction of sp³-hybridized carbons (Fsp3) is 0.609. The van der Waals surface area contributed by atoms with Gasteiger partial charge in [0.05, 0.1) is 24.0 Å². The van der Waals surface area contributed by atoms with Crippen LogP contribution in [0.5, 0.6) is 0 Å². The summed E-state index contributed by atoms with van der Waals surface area (Å²) in [7, 11) is 1.35. The highest BCUT2D eigenvalue weighted by Gasteiger charge is 2.31. The minimum absolute atomic E-state index is 0.0456. The molecule has 0 saturated carbocycles. The Hall–Kier alpha value is -2.77. The van der Waals surface area contributed by atoms with Gasteiger partial charge in [-0.3, -0.25) is 4.79 Å². The number of carbonyl (C=O) groups excluding carboxylic acids is 3. The summed E-state index contributed by atoms with van der Waals surface area (Å²) in [6.45, 7) is 4.78. The molecule has 3 saturated heterocycles. The third-order valence-corrected chi connectivity index (χ3v) is 6.64. The van der Waals surface area contributed by atoms with E-state index in [1.165, 1.54) is 7.11 Å². The predicted octanol–water partition coefficient (Wildman–Crippen LogP) is 2.94. The normalized spacial score (nSPS) is 19.6. The number of piperidine rings is 1. The molecular weight excluding hydrogens is 396 g/mol. The minimum atomic E-state index is -0.419. The number of ether oxygens (including phenoxy) is 1. The molecule has 0 aromatic heterocycles. The third kappa shape index (κ3) is 4.78. The van der Waals surface area contributed by atoms with Gasteiger partial charge in [-0.2, -0.15) is 0 Å². The van der Waals surface area contributed by atoms with E-state index in [1.807, 2.05) is 15.9 Å². The van der Waals surface area contributed by atoms with Crippen molar-refractivity contribution in [1.82, 2.24) is 9.80 Å². The lowest BCUT2D eigenvalue weighted by atomic mass is 9.96. The summed E-state index contributed by atoms with van der Waals surface area (Å²) in [4.78, 5) is 43.7. The Morgan fingerprint density at radius 3 is 2.16 bits per heavy atom. The first kappa shape index (κ1) is 21.5. The smallest absolute Gasteiger partial charge is 0.337 e. The fourth-order valence-corrected chi connectivity index (χ4v) is 4.79. The molecule has 31 heavy (non-hydrogen) atoms. The molecule has 0 atom stereocenters. The van der Waals surface area contributed by atoms with Crippen molar-refractivity contribution in [2.75, 3.05) is 56.6 Å². The Labute approximate surface area is 183 Å². The van der Waals surface area contributed by atoms with Crippen LogP contribution in [0.4, 0.5) is 16.2 Å². The van der Waals surface area contributed by atoms with Crippen molar-refractivity contribution in [3.8, 4) is 0 Å². The summed E-state index contributed by atoms with van der Waals surface area (Å²) in [5.41, 5.74) is 2.03. The van der Waals surface area contributed by atoms with Crippen molar-refractivity contribution in [3.63, 3.8) is 0 Å². The van der Waals surface area contributed by atoms with Crippen LogP contribution in [0.25, 0.3) is 0 Å². The molecule has 1 aromatic carbocycles. The summed E-state index contributed by atoms with van der Waals surface area (Å²) < 4.78 is 4.85. The van der Waals surface area contributed by atoms with Crippen LogP contribution in [0.15, 0.2) is 18.2 Å². The van der Waals surface area contributed by atoms with Gasteiger partial charge in [0.1, 0.15) is 0 Å². The molecule has 0 spiro atoms. The molecule has 4 rings (SSSR count). The van der Waals surface area contributed by atoms with E-state index in [-0.39, 0.29) is 17.9 Å². The number of methoxy groups -OCH3 is 1. The maximum absolute atomic E-state index is 13.1. The number of amides is 3. The van der Waals surface area contributed by atoms with Crippen molar-refractivity contribution >= 4 is 29.3 Å². The molecule has 3 fully saturated rings. The van der Waals surface area contributed by atoms with Crippen LogP contribution in [0.2, 0.25) is 0 Å². The summed E-state index contributed by atoms with van der Waals surface area (Å²) in [6.07, 6.45) is 5.71. The number of esters is 1. The van der Waals surface area contributed by atoms with Crippen molar-refractivity contribution in [1.29, 1.82) is 0 Å². The van der Waals surface area contributed by atoms with Crippen LogP contribution < -0.4 is 10.2 Å². The Kier molecular flexibility index (Phi) is 6.63. The number of urea groups is 1. The molecule has 3 heterocycles. The maximum Gasteiger partial charge on any atom is 0.337 e. The van der Waals surface area contributed by atoms with E-state index in [0.717, 1.165) is 57.5 Å². The fourth-order valence-electron chi connectivity index (χ4n) is 4.79. The number of carbonyl (C=O) groups is 3. The lowest BCUT2D eigenvalue weighted by Crippen LogP contribution is -2.47. The second-order valence-corrected chi connectivity index (χ2v) is 8.64. The third-order valence-electron chi connectivity index (χ3n) is 6.64. The van der Waals surface area contributed by atoms with Gasteiger partial charge in [0.2, 0.25) is 5.91 Å². The second-order valence-electron chi connectivity index (χ2n) is 8.64. The summed E-state index contributed by atoms with van der Waals surface area (Å²) in [5, 5.41) is 3.07. The average Bonchev–Trinajstić information content (AvgIpc) is 3.52. The monoisotopic (exact) mass is 428 g/mol. The largest absolute Gasteiger partial charge is 0.465 e. The van der Waals surface area contributed by atoms with Gasteiger partial charge < -0.3 is 24.8 Å². The maximum atomic E-state index is 13.1. The molecular formula is C23H32N4O4. The SMILES string of the molecule is COC(=O)c1ccc(N2CCCC2)c(NC(=O)C2CCN(C(=O)N3CCCC3)CC2)c1. The Bertz CT molecular complexity index is 823. The number of rotatable bonds is 4. The molecule has 0 bridgehead atoms. The van der Waals surface area contributed by atoms with Gasteiger partial charge in [-0.15, -0.1) is 0 Å². The molecule has 0 aliphatic carbocycles. The topological polar surface area (TPSA) is 82.2 Å². The number of nitrogens with zero attached hydrogens (tertiary/aromatic N) is 3. The van der Waals surface area contributed by atoms with Gasteiger partial charge in [-0.25, -0.2) is 9.59 Å². The van der Waals surface area contributed by atoms with Crippen molar-refractivity contribution in [2.45, 2.75) is 38.5 Å². The first-order chi connectivity index (χ1) is 15.1. The molecule has 0 radical (unpaired) electrons. The van der Waals surface area contributed by atoms with Gasteiger partial charge in [0.25, 0.3) is 0 Å². The highest BCUT2D eigenvalue weighted by atomic mass is 16.5. The highest BCUT2D eigenvalue weighted by Crippen LogP contribution is 2.31. The lowest BCUT2D eigenvalue weighted by Gasteiger charge is -2.34. The van der Waals surface area contributed by atoms with E-state index >= 15 is 0 Å². The molecule has 3 amide bonds. The summed E-state index contributed by atoms with van der Waals surface area (Å²) >= 11 is 0. The molecule has 0 unspecified atom stereocenters. The number of anilines is 2. The first-order valence-corrected chi connectivity index (χ1v) is 11.4. The van der Waals surface area contributed by atoms with Gasteiger partial charge in [0, 0.05) is 45.2 Å². The molecule has 168 valence electrons. The first-order valence-electron chi connectivity index (χ1n) is 11.4. The molecule has 8 nitrogen and oxygen atoms in total. The van der Waals surface area contributed by atoms with Crippen molar-refractivity contribution < 1.29 is 19.1 Å². The minimum Gasteiger partial charge on any atom is -0.465 e. The molecule has 1 N–H and O–H groups in total. The van der Waals surface area contributed by atoms with E-state index in [4.69, 9.17) is 4.74 Å². The number of hydrogen-bond acceptors (Lipinski definition) is 5. The predicted molar refractivity (Wildman–Crippen MR) is 118 cm³/mol. The molecule has 3 aliphatic heterocycles. The number of likely N-dealkylation sites (tertiary alicyclic amines) is 2. The van der Waals surface area contributed by atoms with Gasteiger partial charge >= 0.3 is 12.0 Å². The lowest BCUT2D eigenvalue weighted by molar-refractivity contribution is -0.121. The number of benzene rings is 1. The number of hydrogen-bond donors (Lipinski definition) is 1. The zero-order valence-corrected chi connectivity index (χ0v) is 18.3. The summed E-state index contributed by atoms with van der Waals surface area (Å²) in [5.74, 6) is -0.608. The van der Waals surface area contributed by atoms with Crippen LogP contribution in [0.1, 0.15) is 48.9 Å². The van der Waals surface area contributed by atoms with Crippen LogP contribution in [0.3, 0.4) is 0 Å². The van der Waals surface area contributed by atoms with Crippen LogP contribution >= 0.6 is 0 Å². The number of nitrogens with one attached hydrogen (secondary N) is 1. The van der Waals surface area contributed by atoms with Gasteiger partial charge in [-0.05, 0) is 56.7 Å². The van der Waals surface area contributed by atoms with Crippen molar-refractivity contribution in [3.05, 3.63) is 23.8 Å². The van der Waals surface area contributed by atoms with E-state index in [2.05, 4.69) is 10.2 Å². The van der Waals surface area contributed by atoms with E-state index in [9.17, 15) is 14.4 Å². The van der Waals surface area contributed by atoms with E-state index in [1.54, 1.807) is 12.1 Å². The molecule has 3 aliphatic rings. The zero-order chi connectivity index (χ0) is 21.8. The second kappa shape index (κ2) is 9.58. The van der Waals surface area contributed by atoms with Crippen molar-refractivity contribution in [2.24, 2.45) is 5.92 Å².